The third kappa shape index (κ3) is 7.52. The number of nitrogens with one attached hydrogen (secondary N) is 2. The molecule has 1 aromatic heterocycles. The van der Waals surface area contributed by atoms with E-state index in [1.54, 1.807) is 48.5 Å². The van der Waals surface area contributed by atoms with E-state index in [-0.39, 0.29) is 12.3 Å². The average Bonchev–Trinajstić information content (AvgIpc) is 3.10. The number of thiazole rings is 1. The molecule has 0 aliphatic carbocycles. The molecule has 0 amide bonds. The number of hydrogen-bond acceptors (Lipinski definition) is 5. The number of para-hydroxylation sites is 1. The summed E-state index contributed by atoms with van der Waals surface area (Å²) in [6.45, 7) is 0.860. The molecule has 26 heavy (non-hydrogen) atoms. The van der Waals surface area contributed by atoms with Crippen molar-refractivity contribution in [1.29, 1.82) is 0 Å². The standard InChI is InChI=1S/C16H19F3N4OS2/c1-20-14(21-7-4-9-25-15-22-8-10-26-15)23-11-12-5-2-3-6-13(12)24-16(17,18)19/h2-3,5-6,8,10H,4,7,9,11H2,1H3,(H2,20,21,23). The number of ether oxygens (including phenoxy) is 1. The monoisotopic (exact) mass is 404 g/mol. The quantitative estimate of drug-likeness (QED) is 0.303. The predicted molar refractivity (Wildman–Crippen MR) is 98.8 cm³/mol. The molecule has 0 aliphatic heterocycles. The second-order valence-corrected chi connectivity index (χ2v) is 7.24. The van der Waals surface area contributed by atoms with Crippen LogP contribution in [0.4, 0.5) is 13.2 Å². The number of aliphatic imine (C=N–C) groups is 1. The van der Waals surface area contributed by atoms with E-state index < -0.39 is 6.36 Å². The van der Waals surface area contributed by atoms with Crippen LogP contribution in [0.3, 0.4) is 0 Å². The first-order valence-corrected chi connectivity index (χ1v) is 9.65. The second kappa shape index (κ2) is 10.3. The first-order valence-electron chi connectivity index (χ1n) is 7.78. The molecule has 0 radical (unpaired) electrons. The van der Waals surface area contributed by atoms with Gasteiger partial charge < -0.3 is 15.4 Å². The summed E-state index contributed by atoms with van der Waals surface area (Å²) < 4.78 is 42.4. The molecule has 1 aromatic carbocycles. The lowest BCUT2D eigenvalue weighted by Crippen LogP contribution is -2.37. The number of guanidine groups is 1. The fourth-order valence-electron chi connectivity index (χ4n) is 1.99. The van der Waals surface area contributed by atoms with Crippen LogP contribution in [-0.4, -0.2) is 36.7 Å². The molecule has 0 saturated carbocycles. The summed E-state index contributed by atoms with van der Waals surface area (Å²) in [7, 11) is 1.61. The molecule has 10 heteroatoms. The zero-order valence-electron chi connectivity index (χ0n) is 14.0. The van der Waals surface area contributed by atoms with E-state index in [1.807, 2.05) is 5.38 Å². The maximum Gasteiger partial charge on any atom is 0.573 e. The molecule has 5 nitrogen and oxygen atoms in total. The van der Waals surface area contributed by atoms with Crippen molar-refractivity contribution < 1.29 is 17.9 Å². The van der Waals surface area contributed by atoms with Crippen molar-refractivity contribution in [2.45, 2.75) is 23.7 Å². The minimum absolute atomic E-state index is 0.166. The molecule has 2 rings (SSSR count). The predicted octanol–water partition coefficient (Wildman–Crippen LogP) is 3.89. The van der Waals surface area contributed by atoms with Gasteiger partial charge >= 0.3 is 6.36 Å². The van der Waals surface area contributed by atoms with E-state index in [2.05, 4.69) is 25.3 Å². The number of alkyl halides is 3. The van der Waals surface area contributed by atoms with Crippen LogP contribution in [0.25, 0.3) is 0 Å². The van der Waals surface area contributed by atoms with Crippen molar-refractivity contribution in [3.8, 4) is 5.75 Å². The van der Waals surface area contributed by atoms with Crippen LogP contribution in [0.1, 0.15) is 12.0 Å². The molecule has 1 heterocycles. The normalized spacial score (nSPS) is 12.1. The number of aromatic nitrogens is 1. The summed E-state index contributed by atoms with van der Waals surface area (Å²) in [5, 5.41) is 8.06. The molecule has 2 N–H and O–H groups in total. The van der Waals surface area contributed by atoms with E-state index in [0.717, 1.165) is 16.5 Å². The van der Waals surface area contributed by atoms with Crippen LogP contribution >= 0.6 is 23.1 Å². The van der Waals surface area contributed by atoms with Gasteiger partial charge in [-0.25, -0.2) is 4.98 Å². The Morgan fingerprint density at radius 1 is 1.31 bits per heavy atom. The van der Waals surface area contributed by atoms with Crippen LogP contribution < -0.4 is 15.4 Å². The van der Waals surface area contributed by atoms with Gasteiger partial charge in [-0.2, -0.15) is 0 Å². The zero-order chi connectivity index (χ0) is 18.8. The molecule has 2 aromatic rings. The van der Waals surface area contributed by atoms with Gasteiger partial charge in [0, 0.05) is 43.0 Å². The Morgan fingerprint density at radius 3 is 2.81 bits per heavy atom. The number of nitrogens with zero attached hydrogens (tertiary/aromatic N) is 2. The molecule has 0 saturated heterocycles. The van der Waals surface area contributed by atoms with Crippen LogP contribution in [0.15, 0.2) is 45.2 Å². The zero-order valence-corrected chi connectivity index (χ0v) is 15.7. The summed E-state index contributed by atoms with van der Waals surface area (Å²) in [5.41, 5.74) is 0.395. The number of benzene rings is 1. The summed E-state index contributed by atoms with van der Waals surface area (Å²) >= 11 is 3.29. The molecule has 0 bridgehead atoms. The Bertz CT molecular complexity index is 693. The smallest absolute Gasteiger partial charge is 0.405 e. The van der Waals surface area contributed by atoms with Gasteiger partial charge in [0.2, 0.25) is 0 Å². The van der Waals surface area contributed by atoms with Crippen LogP contribution in [0, 0.1) is 0 Å². The highest BCUT2D eigenvalue weighted by Gasteiger charge is 2.31. The minimum atomic E-state index is -4.72. The van der Waals surface area contributed by atoms with Crippen molar-refractivity contribution in [2.75, 3.05) is 19.3 Å². The van der Waals surface area contributed by atoms with Crippen molar-refractivity contribution in [3.05, 3.63) is 41.4 Å². The van der Waals surface area contributed by atoms with Crippen molar-refractivity contribution in [3.63, 3.8) is 0 Å². The third-order valence-electron chi connectivity index (χ3n) is 3.12. The Kier molecular flexibility index (Phi) is 8.05. The van der Waals surface area contributed by atoms with E-state index in [0.29, 0.717) is 18.1 Å². The van der Waals surface area contributed by atoms with E-state index in [9.17, 15) is 13.2 Å². The molecular weight excluding hydrogens is 385 g/mol. The van der Waals surface area contributed by atoms with Crippen molar-refractivity contribution >= 4 is 29.1 Å². The molecule has 0 unspecified atom stereocenters. The van der Waals surface area contributed by atoms with Gasteiger partial charge in [-0.3, -0.25) is 4.99 Å². The third-order valence-corrected chi connectivity index (χ3v) is 5.17. The lowest BCUT2D eigenvalue weighted by atomic mass is 10.2. The molecule has 0 spiro atoms. The van der Waals surface area contributed by atoms with Crippen LogP contribution in [0.5, 0.6) is 5.75 Å². The van der Waals surface area contributed by atoms with Gasteiger partial charge in [-0.05, 0) is 12.5 Å². The number of hydrogen-bond donors (Lipinski definition) is 2. The molecule has 0 aliphatic rings. The average molecular weight is 404 g/mol. The van der Waals surface area contributed by atoms with Crippen LogP contribution in [0.2, 0.25) is 0 Å². The first kappa shape index (κ1) is 20.4. The Hall–Kier alpha value is -1.94. The Labute approximate surface area is 158 Å². The maximum absolute atomic E-state index is 12.4. The summed E-state index contributed by atoms with van der Waals surface area (Å²) in [6.07, 6.45) is -2.04. The number of rotatable bonds is 8. The summed E-state index contributed by atoms with van der Waals surface area (Å²) in [4.78, 5) is 8.26. The second-order valence-electron chi connectivity index (χ2n) is 5.01. The fourth-order valence-corrected chi connectivity index (χ4v) is 3.64. The summed E-state index contributed by atoms with van der Waals surface area (Å²) in [5.74, 6) is 1.22. The maximum atomic E-state index is 12.4. The van der Waals surface area contributed by atoms with E-state index in [1.165, 1.54) is 12.1 Å². The largest absolute Gasteiger partial charge is 0.573 e. The van der Waals surface area contributed by atoms with Gasteiger partial charge in [-0.15, -0.1) is 24.5 Å². The molecular formula is C16H19F3N4OS2. The van der Waals surface area contributed by atoms with Crippen molar-refractivity contribution in [1.82, 2.24) is 15.6 Å². The van der Waals surface area contributed by atoms with Gasteiger partial charge in [0.15, 0.2) is 5.96 Å². The highest BCUT2D eigenvalue weighted by atomic mass is 32.2. The highest BCUT2D eigenvalue weighted by Crippen LogP contribution is 2.26. The van der Waals surface area contributed by atoms with Crippen LogP contribution in [-0.2, 0) is 6.54 Å². The number of thioether (sulfide) groups is 1. The van der Waals surface area contributed by atoms with Gasteiger partial charge in [0.05, 0.1) is 0 Å². The summed E-state index contributed by atoms with van der Waals surface area (Å²) in [6, 6.07) is 6.02. The minimum Gasteiger partial charge on any atom is -0.405 e. The number of halogens is 3. The molecule has 0 atom stereocenters. The van der Waals surface area contributed by atoms with Gasteiger partial charge in [0.25, 0.3) is 0 Å². The van der Waals surface area contributed by atoms with Gasteiger partial charge in [-0.1, -0.05) is 30.0 Å². The SMILES string of the molecule is CN=C(NCCCSc1nccs1)NCc1ccccc1OC(F)(F)F. The molecule has 142 valence electrons. The lowest BCUT2D eigenvalue weighted by Gasteiger charge is -2.15. The van der Waals surface area contributed by atoms with Crippen molar-refractivity contribution in [2.24, 2.45) is 4.99 Å². The topological polar surface area (TPSA) is 58.5 Å². The lowest BCUT2D eigenvalue weighted by molar-refractivity contribution is -0.274. The van der Waals surface area contributed by atoms with E-state index >= 15 is 0 Å². The Morgan fingerprint density at radius 2 is 2.12 bits per heavy atom. The Balaban J connectivity index is 1.74. The highest BCUT2D eigenvalue weighted by molar-refractivity contribution is 8.00. The fraction of sp³-hybridized carbons (Fsp3) is 0.375. The first-order chi connectivity index (χ1) is 12.5. The van der Waals surface area contributed by atoms with E-state index in [4.69, 9.17) is 0 Å². The molecule has 0 fully saturated rings. The van der Waals surface area contributed by atoms with Gasteiger partial charge in [0.1, 0.15) is 10.1 Å².